The lowest BCUT2D eigenvalue weighted by atomic mass is 10.1. The van der Waals surface area contributed by atoms with E-state index < -0.39 is 0 Å². The topological polar surface area (TPSA) is 79.6 Å². The summed E-state index contributed by atoms with van der Waals surface area (Å²) >= 11 is 6.07. The van der Waals surface area contributed by atoms with Gasteiger partial charge in [-0.15, -0.1) is 0 Å². The molecule has 2 amide bonds. The van der Waals surface area contributed by atoms with Crippen LogP contribution in [-0.4, -0.2) is 38.9 Å². The molecule has 0 radical (unpaired) electrons. The van der Waals surface area contributed by atoms with E-state index in [1.54, 1.807) is 22.9 Å². The van der Waals surface area contributed by atoms with Crippen LogP contribution in [0.15, 0.2) is 65.8 Å². The van der Waals surface area contributed by atoms with Crippen LogP contribution in [0.2, 0.25) is 5.02 Å². The number of rotatable bonds is 6. The van der Waals surface area contributed by atoms with Crippen molar-refractivity contribution in [2.45, 2.75) is 26.2 Å². The Balaban J connectivity index is 1.36. The van der Waals surface area contributed by atoms with Gasteiger partial charge in [-0.25, -0.2) is 9.69 Å². The first-order valence-electron chi connectivity index (χ1n) is 10.1. The van der Waals surface area contributed by atoms with Gasteiger partial charge in [0, 0.05) is 30.4 Å². The Labute approximate surface area is 185 Å². The lowest BCUT2D eigenvalue weighted by molar-refractivity contribution is -0.132. The van der Waals surface area contributed by atoms with Gasteiger partial charge in [0.05, 0.1) is 23.6 Å². The fraction of sp³-hybridized carbons (Fsp3) is 0.217. The number of halogens is 1. The number of anilines is 1. The van der Waals surface area contributed by atoms with E-state index in [4.69, 9.17) is 11.6 Å². The normalized spacial score (nSPS) is 13.2. The number of amides is 2. The Morgan fingerprint density at radius 1 is 1.06 bits per heavy atom. The van der Waals surface area contributed by atoms with E-state index in [0.717, 1.165) is 22.7 Å². The van der Waals surface area contributed by atoms with Crippen molar-refractivity contribution >= 4 is 34.9 Å². The van der Waals surface area contributed by atoms with Gasteiger partial charge in [0.25, 0.3) is 0 Å². The first-order valence-corrected chi connectivity index (χ1v) is 10.4. The molecule has 31 heavy (non-hydrogen) atoms. The minimum absolute atomic E-state index is 0.0608. The van der Waals surface area contributed by atoms with Crippen LogP contribution in [0.3, 0.4) is 0 Å². The number of aryl methyl sites for hydroxylation is 1. The van der Waals surface area contributed by atoms with Crippen molar-refractivity contribution in [2.24, 2.45) is 5.10 Å². The molecule has 1 aliphatic heterocycles. The predicted molar refractivity (Wildman–Crippen MR) is 120 cm³/mol. The van der Waals surface area contributed by atoms with Crippen LogP contribution in [0.25, 0.3) is 5.69 Å². The summed E-state index contributed by atoms with van der Waals surface area (Å²) in [6.45, 7) is 2.38. The van der Waals surface area contributed by atoms with E-state index in [-0.39, 0.29) is 24.7 Å². The number of hydrogen-bond donors (Lipinski definition) is 1. The fourth-order valence-corrected chi connectivity index (χ4v) is 3.60. The number of hydrogen-bond acceptors (Lipinski definition) is 4. The van der Waals surface area contributed by atoms with E-state index in [2.05, 4.69) is 15.5 Å². The second-order valence-electron chi connectivity index (χ2n) is 7.29. The van der Waals surface area contributed by atoms with Crippen molar-refractivity contribution in [3.8, 4) is 5.69 Å². The van der Waals surface area contributed by atoms with Crippen LogP contribution in [0.1, 0.15) is 30.5 Å². The summed E-state index contributed by atoms with van der Waals surface area (Å²) in [5.74, 6) is 0.103. The van der Waals surface area contributed by atoms with Crippen LogP contribution >= 0.6 is 11.6 Å². The molecule has 1 aromatic heterocycles. The molecular weight excluding hydrogens is 414 g/mol. The maximum Gasteiger partial charge on any atom is 0.243 e. The number of nitrogens with zero attached hydrogens (tertiary/aromatic N) is 4. The molecule has 1 aliphatic rings. The molecule has 0 fully saturated rings. The smallest absolute Gasteiger partial charge is 0.243 e. The third-order valence-corrected chi connectivity index (χ3v) is 5.15. The van der Waals surface area contributed by atoms with E-state index >= 15 is 0 Å². The molecule has 8 heteroatoms. The maximum atomic E-state index is 12.5. The van der Waals surface area contributed by atoms with E-state index in [1.165, 1.54) is 5.01 Å². The highest BCUT2D eigenvalue weighted by molar-refractivity contribution is 6.30. The van der Waals surface area contributed by atoms with Crippen LogP contribution in [0, 0.1) is 6.92 Å². The first kappa shape index (κ1) is 20.8. The van der Waals surface area contributed by atoms with Gasteiger partial charge in [0.15, 0.2) is 0 Å². The van der Waals surface area contributed by atoms with Crippen LogP contribution in [0.5, 0.6) is 0 Å². The van der Waals surface area contributed by atoms with Crippen molar-refractivity contribution in [3.63, 3.8) is 0 Å². The van der Waals surface area contributed by atoms with Gasteiger partial charge in [-0.3, -0.25) is 9.59 Å². The second kappa shape index (κ2) is 9.14. The maximum absolute atomic E-state index is 12.5. The summed E-state index contributed by atoms with van der Waals surface area (Å²) in [5.41, 5.74) is 3.40. The van der Waals surface area contributed by atoms with E-state index in [9.17, 15) is 9.59 Å². The molecule has 3 aromatic rings. The molecule has 0 saturated carbocycles. The van der Waals surface area contributed by atoms with Crippen LogP contribution < -0.4 is 5.32 Å². The lowest BCUT2D eigenvalue weighted by Crippen LogP contribution is -2.25. The Morgan fingerprint density at radius 2 is 1.87 bits per heavy atom. The van der Waals surface area contributed by atoms with Crippen molar-refractivity contribution in [2.75, 3.05) is 11.9 Å². The van der Waals surface area contributed by atoms with Gasteiger partial charge in [0.1, 0.15) is 5.82 Å². The molecule has 7 nitrogen and oxygen atoms in total. The number of carbonyl (C=O) groups excluding carboxylic acids is 2. The Bertz CT molecular complexity index is 1140. The summed E-state index contributed by atoms with van der Waals surface area (Å²) in [5, 5.41) is 13.7. The van der Waals surface area contributed by atoms with Crippen molar-refractivity contribution in [1.29, 1.82) is 0 Å². The number of nitrogens with one attached hydrogen (secondary N) is 1. The highest BCUT2D eigenvalue weighted by Gasteiger charge is 2.22. The minimum atomic E-state index is -0.261. The van der Waals surface area contributed by atoms with Gasteiger partial charge >= 0.3 is 0 Å². The quantitative estimate of drug-likeness (QED) is 0.630. The van der Waals surface area contributed by atoms with Crippen LogP contribution in [0.4, 0.5) is 5.82 Å². The van der Waals surface area contributed by atoms with Gasteiger partial charge in [-0.1, -0.05) is 48.0 Å². The summed E-state index contributed by atoms with van der Waals surface area (Å²) in [6.07, 6.45) is 0.854. The summed E-state index contributed by atoms with van der Waals surface area (Å²) in [4.78, 5) is 25.0. The van der Waals surface area contributed by atoms with Gasteiger partial charge in [0.2, 0.25) is 11.8 Å². The minimum Gasteiger partial charge on any atom is -0.311 e. The molecule has 0 bridgehead atoms. The zero-order valence-electron chi connectivity index (χ0n) is 17.1. The second-order valence-corrected chi connectivity index (χ2v) is 7.73. The molecular formula is C23H22ClN5O2. The standard InChI is InChI=1S/C23H22ClN5O2/c1-16-14-21(29(26-16)19-9-5-8-18(24)15-19)25-22(30)10-11-23(31)28-13-12-20(27-28)17-6-3-2-4-7-17/h2-9,14-15H,10-13H2,1H3,(H,25,30). The molecule has 0 unspecified atom stereocenters. The number of benzene rings is 2. The summed E-state index contributed by atoms with van der Waals surface area (Å²) < 4.78 is 1.62. The molecule has 0 spiro atoms. The lowest BCUT2D eigenvalue weighted by Gasteiger charge is -2.12. The average molecular weight is 436 g/mol. The molecule has 4 rings (SSSR count). The third kappa shape index (κ3) is 5.00. The zero-order chi connectivity index (χ0) is 21.8. The largest absolute Gasteiger partial charge is 0.311 e. The SMILES string of the molecule is Cc1cc(NC(=O)CCC(=O)N2CCC(c3ccccc3)=N2)n(-c2cccc(Cl)c2)n1. The molecule has 0 aliphatic carbocycles. The number of carbonyl (C=O) groups is 2. The molecule has 2 heterocycles. The molecule has 1 N–H and O–H groups in total. The molecule has 0 atom stereocenters. The highest BCUT2D eigenvalue weighted by Crippen LogP contribution is 2.21. The highest BCUT2D eigenvalue weighted by atomic mass is 35.5. The molecule has 0 saturated heterocycles. The Morgan fingerprint density at radius 3 is 2.65 bits per heavy atom. The van der Waals surface area contributed by atoms with Crippen molar-refractivity contribution in [1.82, 2.24) is 14.8 Å². The summed E-state index contributed by atoms with van der Waals surface area (Å²) in [7, 11) is 0. The van der Waals surface area contributed by atoms with E-state index in [0.29, 0.717) is 23.8 Å². The predicted octanol–water partition coefficient (Wildman–Crippen LogP) is 4.19. The van der Waals surface area contributed by atoms with Gasteiger partial charge in [-0.2, -0.15) is 10.2 Å². The van der Waals surface area contributed by atoms with Crippen molar-refractivity contribution in [3.05, 3.63) is 76.9 Å². The number of hydrazone groups is 1. The van der Waals surface area contributed by atoms with Crippen LogP contribution in [-0.2, 0) is 9.59 Å². The zero-order valence-corrected chi connectivity index (χ0v) is 17.8. The summed E-state index contributed by atoms with van der Waals surface area (Å²) in [6, 6.07) is 18.8. The van der Waals surface area contributed by atoms with Crippen molar-refractivity contribution < 1.29 is 9.59 Å². The fourth-order valence-electron chi connectivity index (χ4n) is 3.42. The molecule has 2 aromatic carbocycles. The number of aromatic nitrogens is 2. The third-order valence-electron chi connectivity index (χ3n) is 4.91. The monoisotopic (exact) mass is 435 g/mol. The van der Waals surface area contributed by atoms with Gasteiger partial charge < -0.3 is 5.32 Å². The van der Waals surface area contributed by atoms with E-state index in [1.807, 2.05) is 49.4 Å². The van der Waals surface area contributed by atoms with Gasteiger partial charge in [-0.05, 0) is 30.7 Å². The Kier molecular flexibility index (Phi) is 6.13. The average Bonchev–Trinajstić information content (AvgIpc) is 3.40. The molecule has 158 valence electrons. The Hall–Kier alpha value is -3.45. The first-order chi connectivity index (χ1) is 15.0.